The Morgan fingerprint density at radius 2 is 1.94 bits per heavy atom. The molecule has 0 atom stereocenters. The number of nitrogens with zero attached hydrogens (tertiary/aromatic N) is 1. The molecule has 2 rings (SSSR count). The average molecular weight is 260 g/mol. The van der Waals surface area contributed by atoms with Gasteiger partial charge in [0.1, 0.15) is 5.01 Å². The minimum absolute atomic E-state index is 0.583. The standard InChI is InChI=1S/C15H20N2S/c1-4-16-9-14-10-17-15(18-14)13-7-5-12(6-8-13)11(2)3/h5-8,10-11,16H,4,9H2,1-3H3. The number of aromatic nitrogens is 1. The highest BCUT2D eigenvalue weighted by molar-refractivity contribution is 7.15. The summed E-state index contributed by atoms with van der Waals surface area (Å²) in [6, 6.07) is 8.74. The van der Waals surface area contributed by atoms with Crippen LogP contribution in [0.25, 0.3) is 10.6 Å². The van der Waals surface area contributed by atoms with Gasteiger partial charge in [0.2, 0.25) is 0 Å². The van der Waals surface area contributed by atoms with Crippen LogP contribution in [0.1, 0.15) is 37.1 Å². The van der Waals surface area contributed by atoms with Crippen molar-refractivity contribution < 1.29 is 0 Å². The summed E-state index contributed by atoms with van der Waals surface area (Å²) >= 11 is 1.77. The van der Waals surface area contributed by atoms with Crippen molar-refractivity contribution in [2.45, 2.75) is 33.2 Å². The first-order chi connectivity index (χ1) is 8.70. The summed E-state index contributed by atoms with van der Waals surface area (Å²) in [5.41, 5.74) is 2.59. The molecule has 96 valence electrons. The van der Waals surface area contributed by atoms with Crippen LogP contribution >= 0.6 is 11.3 Å². The van der Waals surface area contributed by atoms with Gasteiger partial charge in [0.05, 0.1) is 0 Å². The van der Waals surface area contributed by atoms with E-state index in [4.69, 9.17) is 0 Å². The zero-order valence-corrected chi connectivity index (χ0v) is 12.1. The van der Waals surface area contributed by atoms with E-state index in [9.17, 15) is 0 Å². The summed E-state index contributed by atoms with van der Waals surface area (Å²) < 4.78 is 0. The van der Waals surface area contributed by atoms with E-state index in [1.165, 1.54) is 16.0 Å². The van der Waals surface area contributed by atoms with Crippen molar-refractivity contribution in [3.8, 4) is 10.6 Å². The van der Waals surface area contributed by atoms with Gasteiger partial charge in [-0.1, -0.05) is 45.0 Å². The molecule has 3 heteroatoms. The van der Waals surface area contributed by atoms with Crippen molar-refractivity contribution >= 4 is 11.3 Å². The highest BCUT2D eigenvalue weighted by Gasteiger charge is 2.05. The summed E-state index contributed by atoms with van der Waals surface area (Å²) in [7, 11) is 0. The van der Waals surface area contributed by atoms with Gasteiger partial charge < -0.3 is 5.32 Å². The minimum Gasteiger partial charge on any atom is -0.312 e. The van der Waals surface area contributed by atoms with E-state index in [-0.39, 0.29) is 0 Å². The van der Waals surface area contributed by atoms with E-state index in [1.807, 2.05) is 6.20 Å². The van der Waals surface area contributed by atoms with Crippen LogP contribution in [-0.2, 0) is 6.54 Å². The zero-order chi connectivity index (χ0) is 13.0. The molecule has 0 bridgehead atoms. The molecule has 0 fully saturated rings. The average Bonchev–Trinajstić information content (AvgIpc) is 2.85. The molecule has 1 heterocycles. The third-order valence-corrected chi connectivity index (χ3v) is 3.97. The second-order valence-electron chi connectivity index (χ2n) is 4.69. The summed E-state index contributed by atoms with van der Waals surface area (Å²) in [6.45, 7) is 8.46. The third-order valence-electron chi connectivity index (χ3n) is 2.93. The van der Waals surface area contributed by atoms with Gasteiger partial charge in [-0.05, 0) is 18.0 Å². The van der Waals surface area contributed by atoms with E-state index < -0.39 is 0 Å². The maximum Gasteiger partial charge on any atom is 0.123 e. The second kappa shape index (κ2) is 6.12. The van der Waals surface area contributed by atoms with Crippen molar-refractivity contribution in [2.24, 2.45) is 0 Å². The van der Waals surface area contributed by atoms with Crippen LogP contribution in [0.5, 0.6) is 0 Å². The SMILES string of the molecule is CCNCc1cnc(-c2ccc(C(C)C)cc2)s1. The largest absolute Gasteiger partial charge is 0.312 e. The molecule has 0 aliphatic heterocycles. The third kappa shape index (κ3) is 3.18. The van der Waals surface area contributed by atoms with Crippen LogP contribution < -0.4 is 5.32 Å². The van der Waals surface area contributed by atoms with Gasteiger partial charge in [-0.15, -0.1) is 11.3 Å². The number of hydrogen-bond donors (Lipinski definition) is 1. The van der Waals surface area contributed by atoms with Gasteiger partial charge >= 0.3 is 0 Å². The molecule has 0 spiro atoms. The fourth-order valence-corrected chi connectivity index (χ4v) is 2.67. The number of nitrogens with one attached hydrogen (secondary N) is 1. The van der Waals surface area contributed by atoms with E-state index >= 15 is 0 Å². The van der Waals surface area contributed by atoms with E-state index in [0.29, 0.717) is 5.92 Å². The van der Waals surface area contributed by atoms with Crippen molar-refractivity contribution in [2.75, 3.05) is 6.54 Å². The predicted octanol–water partition coefficient (Wildman–Crippen LogP) is 4.04. The maximum atomic E-state index is 4.49. The lowest BCUT2D eigenvalue weighted by molar-refractivity contribution is 0.734. The van der Waals surface area contributed by atoms with Crippen LogP contribution in [0, 0.1) is 0 Å². The minimum atomic E-state index is 0.583. The Morgan fingerprint density at radius 3 is 2.56 bits per heavy atom. The molecular formula is C15H20N2S. The van der Waals surface area contributed by atoms with Crippen LogP contribution in [0.15, 0.2) is 30.5 Å². The van der Waals surface area contributed by atoms with Gasteiger partial charge in [-0.3, -0.25) is 0 Å². The van der Waals surface area contributed by atoms with Crippen LogP contribution in [0.3, 0.4) is 0 Å². The molecule has 0 aliphatic carbocycles. The fraction of sp³-hybridized carbons (Fsp3) is 0.400. The first kappa shape index (κ1) is 13.2. The Kier molecular flexibility index (Phi) is 4.50. The monoisotopic (exact) mass is 260 g/mol. The summed E-state index contributed by atoms with van der Waals surface area (Å²) in [6.07, 6.45) is 1.97. The molecular weight excluding hydrogens is 240 g/mol. The molecule has 2 aromatic rings. The normalized spacial score (nSPS) is 11.1. The lowest BCUT2D eigenvalue weighted by atomic mass is 10.0. The summed E-state index contributed by atoms with van der Waals surface area (Å²) in [5.74, 6) is 0.583. The molecule has 0 radical (unpaired) electrons. The zero-order valence-electron chi connectivity index (χ0n) is 11.2. The predicted molar refractivity (Wildman–Crippen MR) is 79.0 cm³/mol. The number of hydrogen-bond acceptors (Lipinski definition) is 3. The van der Waals surface area contributed by atoms with Gasteiger partial charge in [0, 0.05) is 23.2 Å². The molecule has 0 saturated heterocycles. The van der Waals surface area contributed by atoms with E-state index in [0.717, 1.165) is 18.1 Å². The van der Waals surface area contributed by atoms with E-state index in [1.54, 1.807) is 11.3 Å². The molecule has 0 unspecified atom stereocenters. The van der Waals surface area contributed by atoms with Crippen LogP contribution in [-0.4, -0.2) is 11.5 Å². The quantitative estimate of drug-likeness (QED) is 0.877. The van der Waals surface area contributed by atoms with Gasteiger partial charge in [-0.25, -0.2) is 4.98 Å². The number of benzene rings is 1. The lowest BCUT2D eigenvalue weighted by Crippen LogP contribution is -2.10. The van der Waals surface area contributed by atoms with Crippen LogP contribution in [0.4, 0.5) is 0 Å². The fourth-order valence-electron chi connectivity index (χ4n) is 1.78. The summed E-state index contributed by atoms with van der Waals surface area (Å²) in [4.78, 5) is 5.78. The van der Waals surface area contributed by atoms with Gasteiger partial charge in [0.15, 0.2) is 0 Å². The highest BCUT2D eigenvalue weighted by Crippen LogP contribution is 2.26. The molecule has 1 N–H and O–H groups in total. The van der Waals surface area contributed by atoms with E-state index in [2.05, 4.69) is 55.3 Å². The Morgan fingerprint density at radius 1 is 1.22 bits per heavy atom. The smallest absolute Gasteiger partial charge is 0.123 e. The molecule has 0 amide bonds. The van der Waals surface area contributed by atoms with Crippen molar-refractivity contribution in [1.29, 1.82) is 0 Å². The topological polar surface area (TPSA) is 24.9 Å². The molecule has 2 nitrogen and oxygen atoms in total. The molecule has 0 aliphatic rings. The maximum absolute atomic E-state index is 4.49. The van der Waals surface area contributed by atoms with Gasteiger partial charge in [0.25, 0.3) is 0 Å². The summed E-state index contributed by atoms with van der Waals surface area (Å²) in [5, 5.41) is 4.43. The molecule has 1 aromatic carbocycles. The van der Waals surface area contributed by atoms with Crippen LogP contribution in [0.2, 0.25) is 0 Å². The first-order valence-corrected chi connectivity index (χ1v) is 7.28. The Balaban J connectivity index is 2.13. The Bertz CT molecular complexity index is 485. The lowest BCUT2D eigenvalue weighted by Gasteiger charge is -2.05. The van der Waals surface area contributed by atoms with Crippen molar-refractivity contribution in [3.63, 3.8) is 0 Å². The Labute approximate surface area is 113 Å². The first-order valence-electron chi connectivity index (χ1n) is 6.46. The van der Waals surface area contributed by atoms with Crippen molar-refractivity contribution in [3.05, 3.63) is 40.9 Å². The van der Waals surface area contributed by atoms with Crippen molar-refractivity contribution in [1.82, 2.24) is 10.3 Å². The van der Waals surface area contributed by atoms with Gasteiger partial charge in [-0.2, -0.15) is 0 Å². The number of thiazole rings is 1. The Hall–Kier alpha value is -1.19. The molecule has 1 aromatic heterocycles. The molecule has 0 saturated carbocycles. The molecule has 18 heavy (non-hydrogen) atoms. The number of rotatable bonds is 5. The second-order valence-corrected chi connectivity index (χ2v) is 5.80. The highest BCUT2D eigenvalue weighted by atomic mass is 32.1.